The minimum absolute atomic E-state index is 0.0493. The summed E-state index contributed by atoms with van der Waals surface area (Å²) in [4.78, 5) is 14.1. The fraction of sp³-hybridized carbons (Fsp3) is 0.667. The monoisotopic (exact) mass is 281 g/mol. The Bertz CT molecular complexity index is 447. The lowest BCUT2D eigenvalue weighted by atomic mass is 9.85. The Kier molecular flexibility index (Phi) is 4.63. The van der Waals surface area contributed by atoms with Gasteiger partial charge in [0.05, 0.1) is 10.5 Å². The van der Waals surface area contributed by atoms with Crippen molar-refractivity contribution in [1.82, 2.24) is 5.32 Å². The number of hydrogen-bond acceptors (Lipinski definition) is 3. The molecule has 1 saturated carbocycles. The van der Waals surface area contributed by atoms with Crippen molar-refractivity contribution in [1.29, 1.82) is 0 Å². The second-order valence-corrected chi connectivity index (χ2v) is 6.67. The number of aliphatic hydroxyl groups is 1. The van der Waals surface area contributed by atoms with Gasteiger partial charge in [-0.1, -0.05) is 26.2 Å². The van der Waals surface area contributed by atoms with Crippen LogP contribution in [0.5, 0.6) is 0 Å². The van der Waals surface area contributed by atoms with Crippen LogP contribution in [0.25, 0.3) is 0 Å². The van der Waals surface area contributed by atoms with Crippen molar-refractivity contribution in [2.45, 2.75) is 58.0 Å². The Morgan fingerprint density at radius 2 is 2.11 bits per heavy atom. The standard InChI is InChI=1S/C15H23NO2S/c1-3-12-11(2)9-13(19-12)14(17)16-10-15(18)7-5-4-6-8-15/h9,18H,3-8,10H2,1-2H3,(H,16,17). The van der Waals surface area contributed by atoms with Crippen LogP contribution < -0.4 is 5.32 Å². The van der Waals surface area contributed by atoms with Crippen LogP contribution in [0.3, 0.4) is 0 Å². The van der Waals surface area contributed by atoms with Crippen molar-refractivity contribution < 1.29 is 9.90 Å². The highest BCUT2D eigenvalue weighted by atomic mass is 32.1. The van der Waals surface area contributed by atoms with Crippen LogP contribution in [0.1, 0.15) is 59.1 Å². The highest BCUT2D eigenvalue weighted by Crippen LogP contribution is 2.27. The number of carbonyl (C=O) groups excluding carboxylic acids is 1. The molecule has 2 N–H and O–H groups in total. The molecule has 4 heteroatoms. The quantitative estimate of drug-likeness (QED) is 0.891. The summed E-state index contributed by atoms with van der Waals surface area (Å²) in [5.41, 5.74) is 0.502. The molecular weight excluding hydrogens is 258 g/mol. The molecule has 1 aromatic rings. The predicted molar refractivity (Wildman–Crippen MR) is 78.8 cm³/mol. The Morgan fingerprint density at radius 3 is 2.68 bits per heavy atom. The van der Waals surface area contributed by atoms with Gasteiger partial charge in [0.1, 0.15) is 0 Å². The van der Waals surface area contributed by atoms with Crippen LogP contribution >= 0.6 is 11.3 Å². The summed E-state index contributed by atoms with van der Waals surface area (Å²) in [5.74, 6) is -0.0493. The van der Waals surface area contributed by atoms with Crippen LogP contribution in [-0.2, 0) is 6.42 Å². The maximum atomic E-state index is 12.1. The van der Waals surface area contributed by atoms with E-state index in [4.69, 9.17) is 0 Å². The van der Waals surface area contributed by atoms with E-state index in [1.54, 1.807) is 11.3 Å². The first-order chi connectivity index (χ1) is 9.04. The predicted octanol–water partition coefficient (Wildman–Crippen LogP) is 3.04. The van der Waals surface area contributed by atoms with E-state index in [1.807, 2.05) is 13.0 Å². The molecule has 0 atom stereocenters. The summed E-state index contributed by atoms with van der Waals surface area (Å²) in [7, 11) is 0. The molecule has 3 nitrogen and oxygen atoms in total. The summed E-state index contributed by atoms with van der Waals surface area (Å²) in [6, 6.07) is 1.95. The highest BCUT2D eigenvalue weighted by Gasteiger charge is 2.29. The van der Waals surface area contributed by atoms with Gasteiger partial charge in [-0.15, -0.1) is 11.3 Å². The van der Waals surface area contributed by atoms with Gasteiger partial charge in [0.25, 0.3) is 5.91 Å². The molecular formula is C15H23NO2S. The third-order valence-corrected chi connectivity index (χ3v) is 5.31. The van der Waals surface area contributed by atoms with E-state index in [1.165, 1.54) is 16.9 Å². The van der Waals surface area contributed by atoms with Crippen LogP contribution in [-0.4, -0.2) is 23.2 Å². The number of thiophene rings is 1. The molecule has 0 saturated heterocycles. The normalized spacial score (nSPS) is 18.3. The maximum absolute atomic E-state index is 12.1. The van der Waals surface area contributed by atoms with E-state index in [-0.39, 0.29) is 5.91 Å². The van der Waals surface area contributed by atoms with Crippen LogP contribution in [0.15, 0.2) is 6.07 Å². The smallest absolute Gasteiger partial charge is 0.261 e. The Labute approximate surface area is 119 Å². The third-order valence-electron chi connectivity index (χ3n) is 3.93. The Balaban J connectivity index is 1.93. The SMILES string of the molecule is CCc1sc(C(=O)NCC2(O)CCCCC2)cc1C. The molecule has 2 rings (SSSR count). The molecule has 1 heterocycles. The summed E-state index contributed by atoms with van der Waals surface area (Å²) >= 11 is 1.56. The van der Waals surface area contributed by atoms with Crippen molar-refractivity contribution in [3.05, 3.63) is 21.4 Å². The molecule has 1 amide bonds. The molecule has 0 unspecified atom stereocenters. The van der Waals surface area contributed by atoms with E-state index in [0.717, 1.165) is 37.0 Å². The van der Waals surface area contributed by atoms with E-state index in [0.29, 0.717) is 6.54 Å². The first kappa shape index (κ1) is 14.5. The minimum Gasteiger partial charge on any atom is -0.388 e. The average molecular weight is 281 g/mol. The van der Waals surface area contributed by atoms with Crippen molar-refractivity contribution in [2.75, 3.05) is 6.54 Å². The molecule has 106 valence electrons. The van der Waals surface area contributed by atoms with Gasteiger partial charge in [0.2, 0.25) is 0 Å². The van der Waals surface area contributed by atoms with Gasteiger partial charge in [-0.2, -0.15) is 0 Å². The van der Waals surface area contributed by atoms with Gasteiger partial charge in [-0.3, -0.25) is 4.79 Å². The number of carbonyl (C=O) groups is 1. The summed E-state index contributed by atoms with van der Waals surface area (Å²) in [5, 5.41) is 13.3. The molecule has 19 heavy (non-hydrogen) atoms. The molecule has 1 aromatic heterocycles. The van der Waals surface area contributed by atoms with Crippen LogP contribution in [0.4, 0.5) is 0 Å². The number of hydrogen-bond donors (Lipinski definition) is 2. The number of amides is 1. The fourth-order valence-electron chi connectivity index (χ4n) is 2.70. The maximum Gasteiger partial charge on any atom is 0.261 e. The van der Waals surface area contributed by atoms with E-state index < -0.39 is 5.60 Å². The number of rotatable bonds is 4. The zero-order valence-corrected chi connectivity index (χ0v) is 12.6. The summed E-state index contributed by atoms with van der Waals surface area (Å²) in [6.07, 6.45) is 5.89. The minimum atomic E-state index is -0.687. The fourth-order valence-corrected chi connectivity index (χ4v) is 3.73. The first-order valence-corrected chi connectivity index (χ1v) is 7.95. The molecule has 1 aliphatic carbocycles. The number of nitrogens with one attached hydrogen (secondary N) is 1. The van der Waals surface area contributed by atoms with Gasteiger partial charge < -0.3 is 10.4 Å². The largest absolute Gasteiger partial charge is 0.388 e. The Hall–Kier alpha value is -0.870. The molecule has 0 radical (unpaired) electrons. The molecule has 0 aliphatic heterocycles. The lowest BCUT2D eigenvalue weighted by Gasteiger charge is -2.32. The lowest BCUT2D eigenvalue weighted by Crippen LogP contribution is -2.44. The van der Waals surface area contributed by atoms with Gasteiger partial charge in [0, 0.05) is 11.4 Å². The average Bonchev–Trinajstić information content (AvgIpc) is 2.78. The van der Waals surface area contributed by atoms with Crippen molar-refractivity contribution in [3.8, 4) is 0 Å². The topological polar surface area (TPSA) is 49.3 Å². The third kappa shape index (κ3) is 3.57. The van der Waals surface area contributed by atoms with Gasteiger partial charge in [-0.05, 0) is 37.8 Å². The molecule has 0 aromatic carbocycles. The van der Waals surface area contributed by atoms with Crippen molar-refractivity contribution in [3.63, 3.8) is 0 Å². The van der Waals surface area contributed by atoms with Crippen molar-refractivity contribution in [2.24, 2.45) is 0 Å². The number of aryl methyl sites for hydroxylation is 2. The van der Waals surface area contributed by atoms with Crippen LogP contribution in [0.2, 0.25) is 0 Å². The highest BCUT2D eigenvalue weighted by molar-refractivity contribution is 7.14. The van der Waals surface area contributed by atoms with E-state index in [9.17, 15) is 9.90 Å². The molecule has 1 aliphatic rings. The van der Waals surface area contributed by atoms with Gasteiger partial charge in [-0.25, -0.2) is 0 Å². The molecule has 0 bridgehead atoms. The second kappa shape index (κ2) is 6.06. The van der Waals surface area contributed by atoms with Crippen LogP contribution in [0, 0.1) is 6.92 Å². The lowest BCUT2D eigenvalue weighted by molar-refractivity contribution is 0.00529. The van der Waals surface area contributed by atoms with E-state index >= 15 is 0 Å². The van der Waals surface area contributed by atoms with Gasteiger partial charge in [0.15, 0.2) is 0 Å². The zero-order valence-electron chi connectivity index (χ0n) is 11.8. The summed E-state index contributed by atoms with van der Waals surface area (Å²) < 4.78 is 0. The van der Waals surface area contributed by atoms with E-state index in [2.05, 4.69) is 12.2 Å². The van der Waals surface area contributed by atoms with Crippen molar-refractivity contribution >= 4 is 17.2 Å². The molecule has 1 fully saturated rings. The Morgan fingerprint density at radius 1 is 1.42 bits per heavy atom. The van der Waals surface area contributed by atoms with Gasteiger partial charge >= 0.3 is 0 Å². The zero-order chi connectivity index (χ0) is 13.9. The summed E-state index contributed by atoms with van der Waals surface area (Å²) in [6.45, 7) is 4.52. The first-order valence-electron chi connectivity index (χ1n) is 7.14. The second-order valence-electron chi connectivity index (χ2n) is 5.54. The molecule has 0 spiro atoms.